The van der Waals surface area contributed by atoms with E-state index in [1.165, 1.54) is 57.8 Å². The van der Waals surface area contributed by atoms with E-state index in [-0.39, 0.29) is 11.9 Å². The van der Waals surface area contributed by atoms with Crippen LogP contribution in [0.3, 0.4) is 0 Å². The summed E-state index contributed by atoms with van der Waals surface area (Å²) in [5, 5.41) is 12.2. The molecular formula is C29H49NO2. The van der Waals surface area contributed by atoms with Gasteiger partial charge in [0.1, 0.15) is 6.61 Å². The van der Waals surface area contributed by atoms with Crippen molar-refractivity contribution < 1.29 is 9.90 Å². The van der Waals surface area contributed by atoms with Gasteiger partial charge in [0.05, 0.1) is 0 Å². The Morgan fingerprint density at radius 1 is 1.09 bits per heavy atom. The van der Waals surface area contributed by atoms with E-state index >= 15 is 0 Å². The lowest BCUT2D eigenvalue weighted by Gasteiger charge is -2.58. The van der Waals surface area contributed by atoms with E-state index in [2.05, 4.69) is 46.0 Å². The highest BCUT2D eigenvalue weighted by atomic mass is 16.3. The summed E-state index contributed by atoms with van der Waals surface area (Å²) in [6, 6.07) is 0.210. The van der Waals surface area contributed by atoms with E-state index < -0.39 is 6.61 Å². The highest BCUT2D eigenvalue weighted by Gasteiger charge is 2.59. The first-order valence-electron chi connectivity index (χ1n) is 13.8. The average Bonchev–Trinajstić information content (AvgIpc) is 3.11. The molecular weight excluding hydrogens is 394 g/mol. The first-order valence-corrected chi connectivity index (χ1v) is 13.8. The Morgan fingerprint density at radius 2 is 1.88 bits per heavy atom. The summed E-state index contributed by atoms with van der Waals surface area (Å²) in [5.41, 5.74) is 2.48. The van der Waals surface area contributed by atoms with Crippen LogP contribution in [0.1, 0.15) is 105 Å². The Bertz CT molecular complexity index is 714. The third-order valence-corrected chi connectivity index (χ3v) is 10.8. The van der Waals surface area contributed by atoms with Crippen molar-refractivity contribution >= 4 is 5.91 Å². The molecule has 0 aromatic carbocycles. The zero-order valence-corrected chi connectivity index (χ0v) is 21.5. The largest absolute Gasteiger partial charge is 0.387 e. The molecule has 3 nitrogen and oxygen atoms in total. The van der Waals surface area contributed by atoms with E-state index in [1.807, 2.05) is 0 Å². The van der Waals surface area contributed by atoms with Crippen LogP contribution >= 0.6 is 0 Å². The molecule has 0 aromatic rings. The topological polar surface area (TPSA) is 49.3 Å². The summed E-state index contributed by atoms with van der Waals surface area (Å²) in [7, 11) is 0. The lowest BCUT2D eigenvalue weighted by atomic mass is 9.47. The third kappa shape index (κ3) is 4.32. The van der Waals surface area contributed by atoms with Crippen molar-refractivity contribution in [3.63, 3.8) is 0 Å². The lowest BCUT2D eigenvalue weighted by molar-refractivity contribution is -0.124. The monoisotopic (exact) mass is 443 g/mol. The van der Waals surface area contributed by atoms with Gasteiger partial charge in [0.25, 0.3) is 0 Å². The van der Waals surface area contributed by atoms with Crippen LogP contribution in [0.15, 0.2) is 11.6 Å². The van der Waals surface area contributed by atoms with Crippen LogP contribution in [0.2, 0.25) is 0 Å². The quantitative estimate of drug-likeness (QED) is 0.441. The fraction of sp³-hybridized carbons (Fsp3) is 0.897. The van der Waals surface area contributed by atoms with Gasteiger partial charge in [0.2, 0.25) is 5.91 Å². The number of hydrogen-bond donors (Lipinski definition) is 2. The Kier molecular flexibility index (Phi) is 7.16. The van der Waals surface area contributed by atoms with Gasteiger partial charge in [-0.25, -0.2) is 0 Å². The molecule has 32 heavy (non-hydrogen) atoms. The van der Waals surface area contributed by atoms with Crippen molar-refractivity contribution in [1.82, 2.24) is 5.32 Å². The summed E-state index contributed by atoms with van der Waals surface area (Å²) >= 11 is 0. The molecule has 0 radical (unpaired) electrons. The van der Waals surface area contributed by atoms with E-state index in [0.29, 0.717) is 10.8 Å². The second-order valence-electron chi connectivity index (χ2n) is 13.0. The Balaban J connectivity index is 1.45. The van der Waals surface area contributed by atoms with E-state index in [1.54, 1.807) is 5.57 Å². The number of nitrogens with one attached hydrogen (secondary N) is 1. The predicted octanol–water partition coefficient (Wildman–Crippen LogP) is 6.50. The van der Waals surface area contributed by atoms with Crippen LogP contribution in [0, 0.1) is 46.3 Å². The highest BCUT2D eigenvalue weighted by Crippen LogP contribution is 2.67. The van der Waals surface area contributed by atoms with Crippen LogP contribution in [0.25, 0.3) is 0 Å². The summed E-state index contributed by atoms with van der Waals surface area (Å²) < 4.78 is 0. The fourth-order valence-electron chi connectivity index (χ4n) is 9.08. The summed E-state index contributed by atoms with van der Waals surface area (Å²) in [6.45, 7) is 12.1. The van der Waals surface area contributed by atoms with Gasteiger partial charge in [-0.15, -0.1) is 0 Å². The molecule has 1 amide bonds. The van der Waals surface area contributed by atoms with Crippen molar-refractivity contribution in [1.29, 1.82) is 0 Å². The SMILES string of the molecule is CC(C)CCC[C@@H](C)[C@H]1CCC2C3CC=C4C[C@H](NC(=O)CO)CC[C@]4(C)C3CC[C@@]21C. The van der Waals surface area contributed by atoms with E-state index in [0.717, 1.165) is 48.3 Å². The molecule has 0 saturated heterocycles. The Labute approximate surface area is 197 Å². The van der Waals surface area contributed by atoms with E-state index in [4.69, 9.17) is 5.11 Å². The first-order chi connectivity index (χ1) is 15.2. The molecule has 3 saturated carbocycles. The highest BCUT2D eigenvalue weighted by molar-refractivity contribution is 5.77. The lowest BCUT2D eigenvalue weighted by Crippen LogP contribution is -2.52. The molecule has 4 aliphatic rings. The van der Waals surface area contributed by atoms with Gasteiger partial charge in [-0.2, -0.15) is 0 Å². The molecule has 4 aliphatic carbocycles. The number of fused-ring (bicyclic) bond motifs is 5. The number of aliphatic hydroxyl groups excluding tert-OH is 1. The van der Waals surface area contributed by atoms with Crippen molar-refractivity contribution in [3.8, 4) is 0 Å². The minimum atomic E-state index is -0.394. The molecule has 3 heteroatoms. The zero-order valence-electron chi connectivity index (χ0n) is 21.5. The van der Waals surface area contributed by atoms with Crippen molar-refractivity contribution in [2.45, 2.75) is 111 Å². The second kappa shape index (κ2) is 9.43. The smallest absolute Gasteiger partial charge is 0.245 e. The third-order valence-electron chi connectivity index (χ3n) is 10.8. The molecule has 4 rings (SSSR count). The predicted molar refractivity (Wildman–Crippen MR) is 132 cm³/mol. The maximum Gasteiger partial charge on any atom is 0.245 e. The van der Waals surface area contributed by atoms with Crippen LogP contribution < -0.4 is 5.32 Å². The minimum Gasteiger partial charge on any atom is -0.387 e. The second-order valence-corrected chi connectivity index (χ2v) is 13.0. The first kappa shape index (κ1) is 24.3. The molecule has 0 spiro atoms. The van der Waals surface area contributed by atoms with Gasteiger partial charge in [-0.1, -0.05) is 65.5 Å². The molecule has 0 aliphatic heterocycles. The number of aliphatic hydroxyl groups is 1. The normalized spacial score (nSPS) is 42.0. The van der Waals surface area contributed by atoms with Crippen molar-refractivity contribution in [3.05, 3.63) is 11.6 Å². The zero-order chi connectivity index (χ0) is 23.1. The van der Waals surface area contributed by atoms with E-state index in [9.17, 15) is 4.79 Å². The molecule has 0 aromatic heterocycles. The molecule has 2 N–H and O–H groups in total. The van der Waals surface area contributed by atoms with Gasteiger partial charge >= 0.3 is 0 Å². The number of carbonyl (C=O) groups is 1. The molecule has 0 heterocycles. The van der Waals surface area contributed by atoms with Crippen molar-refractivity contribution in [2.75, 3.05) is 6.61 Å². The van der Waals surface area contributed by atoms with Crippen LogP contribution in [0.4, 0.5) is 0 Å². The number of amides is 1. The molecule has 3 unspecified atom stereocenters. The maximum atomic E-state index is 11.7. The average molecular weight is 444 g/mol. The maximum absolute atomic E-state index is 11.7. The molecule has 182 valence electrons. The van der Waals surface area contributed by atoms with Gasteiger partial charge in [-0.05, 0) is 97.7 Å². The fourth-order valence-corrected chi connectivity index (χ4v) is 9.08. The van der Waals surface area contributed by atoms with Crippen LogP contribution in [-0.4, -0.2) is 23.7 Å². The van der Waals surface area contributed by atoms with Gasteiger partial charge in [-0.3, -0.25) is 4.79 Å². The minimum absolute atomic E-state index is 0.210. The van der Waals surface area contributed by atoms with Gasteiger partial charge in [0, 0.05) is 6.04 Å². The standard InChI is InChI=1S/C29H49NO2/c1-19(2)7-6-8-20(3)24-11-12-25-23-10-9-21-17-22(30-27(32)18-31)13-15-28(21,4)26(23)14-16-29(24,25)5/h9,19-20,22-26,31H,6-8,10-18H2,1-5H3,(H,30,32)/t20-,22-,23?,24-,25?,26?,28+,29-/m1/s1. The summed E-state index contributed by atoms with van der Waals surface area (Å²) in [4.78, 5) is 11.7. The van der Waals surface area contributed by atoms with Gasteiger partial charge in [0.15, 0.2) is 0 Å². The Morgan fingerprint density at radius 3 is 2.59 bits per heavy atom. The summed E-state index contributed by atoms with van der Waals surface area (Å²) in [6.07, 6.45) is 17.0. The molecule has 0 bridgehead atoms. The Hall–Kier alpha value is -0.830. The molecule has 3 fully saturated rings. The summed E-state index contributed by atoms with van der Waals surface area (Å²) in [5.74, 6) is 4.99. The number of allylic oxidation sites excluding steroid dienone is 1. The van der Waals surface area contributed by atoms with Crippen LogP contribution in [-0.2, 0) is 4.79 Å². The number of carbonyl (C=O) groups excluding carboxylic acids is 1. The van der Waals surface area contributed by atoms with Crippen LogP contribution in [0.5, 0.6) is 0 Å². The number of rotatable bonds is 7. The number of hydrogen-bond acceptors (Lipinski definition) is 2. The van der Waals surface area contributed by atoms with Gasteiger partial charge < -0.3 is 10.4 Å². The molecule has 8 atom stereocenters. The van der Waals surface area contributed by atoms with Crippen molar-refractivity contribution in [2.24, 2.45) is 46.3 Å².